The molecule has 3 heterocycles. The number of aryl methyl sites for hydroxylation is 1. The standard InChI is InChI=1S/C18H22N2O6S/c1-18(2)25-16(21)12(17(22)26-18)9-11-20-14(13-6-5-10-19(13)3)7-8-15(20)27(4,23)24/h5-8,10,12H,9,11H2,1-4H3. The van der Waals surface area contributed by atoms with Gasteiger partial charge in [0.25, 0.3) is 5.79 Å². The van der Waals surface area contributed by atoms with E-state index in [9.17, 15) is 18.0 Å². The lowest BCUT2D eigenvalue weighted by atomic mass is 10.0. The minimum absolute atomic E-state index is 0.0718. The average molecular weight is 394 g/mol. The van der Waals surface area contributed by atoms with Crippen molar-refractivity contribution in [1.82, 2.24) is 9.13 Å². The Bertz CT molecular complexity index is 979. The van der Waals surface area contributed by atoms with Crippen LogP contribution in [0.5, 0.6) is 0 Å². The lowest BCUT2D eigenvalue weighted by Gasteiger charge is -2.33. The second-order valence-corrected chi connectivity index (χ2v) is 9.03. The van der Waals surface area contributed by atoms with E-state index >= 15 is 0 Å². The fourth-order valence-corrected chi connectivity index (χ4v) is 4.10. The molecule has 2 aromatic rings. The van der Waals surface area contributed by atoms with Gasteiger partial charge in [-0.2, -0.15) is 0 Å². The Morgan fingerprint density at radius 2 is 1.70 bits per heavy atom. The third-order valence-corrected chi connectivity index (χ3v) is 5.55. The predicted octanol–water partition coefficient (Wildman–Crippen LogP) is 1.74. The highest BCUT2D eigenvalue weighted by atomic mass is 32.2. The molecule has 1 aliphatic heterocycles. The van der Waals surface area contributed by atoms with E-state index < -0.39 is 33.5 Å². The summed E-state index contributed by atoms with van der Waals surface area (Å²) in [6.07, 6.45) is 3.05. The number of aromatic nitrogens is 2. The maximum atomic E-state index is 12.2. The SMILES string of the molecule is Cn1cccc1-c1ccc(S(C)(=O)=O)n1CCC1C(=O)OC(C)(C)OC1=O. The number of nitrogens with zero attached hydrogens (tertiary/aromatic N) is 2. The quantitative estimate of drug-likeness (QED) is 0.566. The van der Waals surface area contributed by atoms with Crippen molar-refractivity contribution in [2.24, 2.45) is 13.0 Å². The van der Waals surface area contributed by atoms with Crippen molar-refractivity contribution in [1.29, 1.82) is 0 Å². The number of esters is 2. The van der Waals surface area contributed by atoms with Gasteiger partial charge in [-0.05, 0) is 30.7 Å². The number of hydrogen-bond acceptors (Lipinski definition) is 6. The fourth-order valence-electron chi connectivity index (χ4n) is 3.19. The molecule has 1 saturated heterocycles. The Hall–Kier alpha value is -2.55. The maximum Gasteiger partial charge on any atom is 0.323 e. The Labute approximate surface area is 157 Å². The van der Waals surface area contributed by atoms with E-state index in [1.807, 2.05) is 29.9 Å². The monoisotopic (exact) mass is 394 g/mol. The van der Waals surface area contributed by atoms with Crippen LogP contribution in [0, 0.1) is 5.92 Å². The number of rotatable bonds is 5. The normalized spacial score (nSPS) is 17.6. The van der Waals surface area contributed by atoms with Crippen LogP contribution in [-0.4, -0.2) is 41.5 Å². The second-order valence-electron chi connectivity index (χ2n) is 7.07. The van der Waals surface area contributed by atoms with E-state index in [4.69, 9.17) is 9.47 Å². The van der Waals surface area contributed by atoms with Crippen LogP contribution in [0.4, 0.5) is 0 Å². The molecule has 2 aromatic heterocycles. The molecule has 0 unspecified atom stereocenters. The summed E-state index contributed by atoms with van der Waals surface area (Å²) >= 11 is 0. The summed E-state index contributed by atoms with van der Waals surface area (Å²) in [4.78, 5) is 24.3. The Morgan fingerprint density at radius 1 is 1.07 bits per heavy atom. The number of carbonyl (C=O) groups is 2. The third kappa shape index (κ3) is 3.78. The van der Waals surface area contributed by atoms with E-state index in [1.54, 1.807) is 10.6 Å². The van der Waals surface area contributed by atoms with Gasteiger partial charge in [-0.25, -0.2) is 8.42 Å². The largest absolute Gasteiger partial charge is 0.422 e. The number of hydrogen-bond donors (Lipinski definition) is 0. The van der Waals surface area contributed by atoms with Gasteiger partial charge in [-0.1, -0.05) is 0 Å². The van der Waals surface area contributed by atoms with Crippen molar-refractivity contribution in [3.05, 3.63) is 30.5 Å². The summed E-state index contributed by atoms with van der Waals surface area (Å²) in [5.74, 6) is -3.70. The number of sulfone groups is 1. The van der Waals surface area contributed by atoms with Gasteiger partial charge in [-0.3, -0.25) is 9.59 Å². The lowest BCUT2D eigenvalue weighted by Crippen LogP contribution is -2.46. The van der Waals surface area contributed by atoms with E-state index in [0.717, 1.165) is 11.9 Å². The van der Waals surface area contributed by atoms with Crippen LogP contribution in [0.15, 0.2) is 35.5 Å². The molecule has 9 heteroatoms. The van der Waals surface area contributed by atoms with Gasteiger partial charge in [0.1, 0.15) is 5.03 Å². The highest BCUT2D eigenvalue weighted by Crippen LogP contribution is 2.29. The maximum absolute atomic E-state index is 12.2. The summed E-state index contributed by atoms with van der Waals surface area (Å²) < 4.78 is 38.1. The highest BCUT2D eigenvalue weighted by Gasteiger charge is 2.43. The first-order valence-corrected chi connectivity index (χ1v) is 10.4. The van der Waals surface area contributed by atoms with Crippen LogP contribution in [0.3, 0.4) is 0 Å². The molecule has 0 bridgehead atoms. The van der Waals surface area contributed by atoms with Gasteiger partial charge in [0.05, 0.1) is 11.4 Å². The van der Waals surface area contributed by atoms with Crippen molar-refractivity contribution in [2.75, 3.05) is 6.26 Å². The molecule has 0 saturated carbocycles. The van der Waals surface area contributed by atoms with Crippen LogP contribution in [0.2, 0.25) is 0 Å². The Morgan fingerprint density at radius 3 is 2.22 bits per heavy atom. The summed E-state index contributed by atoms with van der Waals surface area (Å²) in [5, 5.41) is 0.122. The van der Waals surface area contributed by atoms with Gasteiger partial charge >= 0.3 is 11.9 Å². The zero-order chi connectivity index (χ0) is 20.0. The van der Waals surface area contributed by atoms with Crippen LogP contribution < -0.4 is 0 Å². The molecule has 0 N–H and O–H groups in total. The first kappa shape index (κ1) is 19.2. The molecule has 0 aromatic carbocycles. The molecule has 8 nitrogen and oxygen atoms in total. The first-order valence-electron chi connectivity index (χ1n) is 8.46. The first-order chi connectivity index (χ1) is 12.5. The molecule has 0 spiro atoms. The van der Waals surface area contributed by atoms with Crippen molar-refractivity contribution in [3.63, 3.8) is 0 Å². The topological polar surface area (TPSA) is 96.6 Å². The molecular weight excluding hydrogens is 372 g/mol. The molecule has 27 heavy (non-hydrogen) atoms. The van der Waals surface area contributed by atoms with Crippen LogP contribution in [-0.2, 0) is 42.5 Å². The summed E-state index contributed by atoms with van der Waals surface area (Å²) in [7, 11) is -1.64. The van der Waals surface area contributed by atoms with Crippen LogP contribution in [0.25, 0.3) is 11.4 Å². The van der Waals surface area contributed by atoms with Gasteiger partial charge in [-0.15, -0.1) is 0 Å². The van der Waals surface area contributed by atoms with Crippen molar-refractivity contribution in [2.45, 2.75) is 37.6 Å². The number of cyclic esters (lactones) is 2. The van der Waals surface area contributed by atoms with E-state index in [0.29, 0.717) is 5.69 Å². The van der Waals surface area contributed by atoms with Crippen molar-refractivity contribution < 1.29 is 27.5 Å². The van der Waals surface area contributed by atoms with Crippen molar-refractivity contribution >= 4 is 21.8 Å². The molecule has 0 radical (unpaired) electrons. The molecule has 1 fully saturated rings. The minimum Gasteiger partial charge on any atom is -0.422 e. The van der Waals surface area contributed by atoms with Crippen LogP contribution >= 0.6 is 0 Å². The zero-order valence-corrected chi connectivity index (χ0v) is 16.4. The fraction of sp³-hybridized carbons (Fsp3) is 0.444. The summed E-state index contributed by atoms with van der Waals surface area (Å²) in [5.41, 5.74) is 1.50. The number of carbonyl (C=O) groups excluding carboxylic acids is 2. The average Bonchev–Trinajstić information content (AvgIpc) is 3.10. The van der Waals surface area contributed by atoms with Crippen LogP contribution in [0.1, 0.15) is 20.3 Å². The molecule has 146 valence electrons. The predicted molar refractivity (Wildman–Crippen MR) is 96.3 cm³/mol. The lowest BCUT2D eigenvalue weighted by molar-refractivity contribution is -0.240. The zero-order valence-electron chi connectivity index (χ0n) is 15.6. The Balaban J connectivity index is 1.92. The molecule has 1 aliphatic rings. The van der Waals surface area contributed by atoms with E-state index in [2.05, 4.69) is 0 Å². The van der Waals surface area contributed by atoms with E-state index in [1.165, 1.54) is 19.9 Å². The molecular formula is C18H22N2O6S. The molecule has 0 atom stereocenters. The molecule has 0 aliphatic carbocycles. The van der Waals surface area contributed by atoms with Gasteiger partial charge < -0.3 is 18.6 Å². The molecule has 0 amide bonds. The summed E-state index contributed by atoms with van der Waals surface area (Å²) in [6.45, 7) is 3.12. The van der Waals surface area contributed by atoms with Crippen molar-refractivity contribution in [3.8, 4) is 11.4 Å². The highest BCUT2D eigenvalue weighted by molar-refractivity contribution is 7.90. The third-order valence-electron chi connectivity index (χ3n) is 4.43. The molecule has 3 rings (SSSR count). The second kappa shape index (κ2) is 6.56. The smallest absolute Gasteiger partial charge is 0.323 e. The van der Waals surface area contributed by atoms with E-state index in [-0.39, 0.29) is 18.0 Å². The minimum atomic E-state index is -3.49. The summed E-state index contributed by atoms with van der Waals surface area (Å²) in [6, 6.07) is 6.96. The van der Waals surface area contributed by atoms with Gasteiger partial charge in [0.2, 0.25) is 0 Å². The number of ether oxygens (including phenoxy) is 2. The van der Waals surface area contributed by atoms with Gasteiger partial charge in [0, 0.05) is 39.9 Å². The van der Waals surface area contributed by atoms with Gasteiger partial charge in [0.15, 0.2) is 15.8 Å². The Kier molecular flexibility index (Phi) is 4.67.